The number of ether oxygens (including phenoxy) is 3. The van der Waals surface area contributed by atoms with Gasteiger partial charge in [-0.1, -0.05) is 0 Å². The van der Waals surface area contributed by atoms with E-state index in [1.165, 1.54) is 23.5 Å². The molecule has 4 rings (SSSR count). The van der Waals surface area contributed by atoms with Crippen molar-refractivity contribution in [1.29, 1.82) is 0 Å². The van der Waals surface area contributed by atoms with Crippen LogP contribution in [-0.4, -0.2) is 69.5 Å². The molecule has 2 aromatic rings. The summed E-state index contributed by atoms with van der Waals surface area (Å²) in [5, 5.41) is 16.4. The van der Waals surface area contributed by atoms with Gasteiger partial charge in [0.15, 0.2) is 5.76 Å². The van der Waals surface area contributed by atoms with Gasteiger partial charge in [0.2, 0.25) is 16.3 Å². The Morgan fingerprint density at radius 2 is 2.00 bits per heavy atom. The smallest absolute Gasteiger partial charge is 0.286 e. The third-order valence-corrected chi connectivity index (χ3v) is 8.47. The second-order valence-corrected chi connectivity index (χ2v) is 11.1. The molecular weight excluding hydrogens is 492 g/mol. The fourth-order valence-electron chi connectivity index (χ4n) is 3.77. The number of amides is 1. The Labute approximate surface area is 209 Å². The van der Waals surface area contributed by atoms with Crippen LogP contribution in [0.25, 0.3) is 0 Å². The zero-order valence-electron chi connectivity index (χ0n) is 19.5. The molecule has 2 atom stereocenters. The summed E-state index contributed by atoms with van der Waals surface area (Å²) in [4.78, 5) is 12.7. The minimum Gasteiger partial charge on any atom is -0.497 e. The van der Waals surface area contributed by atoms with Crippen LogP contribution < -0.4 is 10.1 Å². The Bertz CT molecular complexity index is 1110. The van der Waals surface area contributed by atoms with E-state index in [-0.39, 0.29) is 54.8 Å². The number of carbonyl (C=O) groups excluding carboxylic acids is 1. The van der Waals surface area contributed by atoms with Gasteiger partial charge in [-0.25, -0.2) is 8.42 Å². The first-order chi connectivity index (χ1) is 16.9. The highest BCUT2D eigenvalue weighted by Gasteiger charge is 2.32. The maximum atomic E-state index is 13.1. The molecule has 1 aromatic carbocycles. The van der Waals surface area contributed by atoms with Crippen molar-refractivity contribution in [3.05, 3.63) is 58.5 Å². The lowest BCUT2D eigenvalue weighted by molar-refractivity contribution is -0.146. The first-order valence-corrected chi connectivity index (χ1v) is 13.9. The predicted octanol–water partition coefficient (Wildman–Crippen LogP) is 2.45. The number of nitrogens with one attached hydrogen (secondary N) is 1. The molecule has 0 unspecified atom stereocenters. The molecule has 9 nitrogen and oxygen atoms in total. The number of sulfonamides is 1. The van der Waals surface area contributed by atoms with Gasteiger partial charge < -0.3 is 24.6 Å². The third kappa shape index (κ3) is 6.62. The molecule has 0 spiro atoms. The van der Waals surface area contributed by atoms with Crippen LogP contribution >= 0.6 is 11.3 Å². The monoisotopic (exact) mass is 522 g/mol. The summed E-state index contributed by atoms with van der Waals surface area (Å²) in [5.74, 6) is 0.467. The Kier molecular flexibility index (Phi) is 8.45. The molecule has 0 radical (unpaired) electrons. The summed E-state index contributed by atoms with van der Waals surface area (Å²) >= 11 is 1.58. The summed E-state index contributed by atoms with van der Waals surface area (Å²) < 4.78 is 44.2. The van der Waals surface area contributed by atoms with Crippen LogP contribution in [0.5, 0.6) is 5.75 Å². The standard InChI is InChI=1S/C24H30N2O7S2/c1-31-20-4-6-21(7-5-20)35(29,30)26(9-11-27)10-12-32-23-15-18(17-8-13-34-16-17)14-22(33-23)24(28)25-19-2-3-19/h4-8,13-14,16,18-19,23,27H,2-3,9-12,15H2,1H3,(H,25,28)/t18-,23+/m0/s1. The van der Waals surface area contributed by atoms with E-state index < -0.39 is 16.3 Å². The van der Waals surface area contributed by atoms with Crippen molar-refractivity contribution in [3.8, 4) is 5.75 Å². The van der Waals surface area contributed by atoms with E-state index in [1.54, 1.807) is 23.5 Å². The highest BCUT2D eigenvalue weighted by molar-refractivity contribution is 7.89. The molecule has 2 aliphatic rings. The first kappa shape index (κ1) is 25.6. The van der Waals surface area contributed by atoms with Gasteiger partial charge >= 0.3 is 0 Å². The fourth-order valence-corrected chi connectivity index (χ4v) is 5.91. The number of thiophene rings is 1. The summed E-state index contributed by atoms with van der Waals surface area (Å²) in [6.45, 7) is -0.349. The first-order valence-electron chi connectivity index (χ1n) is 11.5. The number of carbonyl (C=O) groups is 1. The Morgan fingerprint density at radius 3 is 2.63 bits per heavy atom. The number of nitrogens with zero attached hydrogens (tertiary/aromatic N) is 1. The maximum absolute atomic E-state index is 13.1. The maximum Gasteiger partial charge on any atom is 0.286 e. The van der Waals surface area contributed by atoms with Crippen molar-refractivity contribution in [3.63, 3.8) is 0 Å². The molecule has 1 aromatic heterocycles. The molecular formula is C24H30N2O7S2. The molecule has 2 heterocycles. The van der Waals surface area contributed by atoms with E-state index in [2.05, 4.69) is 5.32 Å². The summed E-state index contributed by atoms with van der Waals surface area (Å²) in [6.07, 6.45) is 3.56. The lowest BCUT2D eigenvalue weighted by atomic mass is 9.95. The number of allylic oxidation sites excluding steroid dienone is 1. The van der Waals surface area contributed by atoms with E-state index in [4.69, 9.17) is 14.2 Å². The summed E-state index contributed by atoms with van der Waals surface area (Å²) in [7, 11) is -2.34. The number of rotatable bonds is 12. The number of aliphatic hydroxyl groups excluding tert-OH is 1. The van der Waals surface area contributed by atoms with Crippen LogP contribution in [0.2, 0.25) is 0 Å². The van der Waals surface area contributed by atoms with Crippen LogP contribution in [-0.2, 0) is 24.3 Å². The van der Waals surface area contributed by atoms with Gasteiger partial charge in [0.05, 0.1) is 25.2 Å². The molecule has 190 valence electrons. The van der Waals surface area contributed by atoms with E-state index in [0.717, 1.165) is 18.4 Å². The highest BCUT2D eigenvalue weighted by atomic mass is 32.2. The van der Waals surface area contributed by atoms with Crippen molar-refractivity contribution in [1.82, 2.24) is 9.62 Å². The molecule has 0 saturated heterocycles. The van der Waals surface area contributed by atoms with Crippen molar-refractivity contribution < 1.29 is 32.5 Å². The van der Waals surface area contributed by atoms with Crippen LogP contribution in [0, 0.1) is 0 Å². The quantitative estimate of drug-likeness (QED) is 0.440. The average Bonchev–Trinajstić information content (AvgIpc) is 3.50. The van der Waals surface area contributed by atoms with Crippen molar-refractivity contribution in [2.45, 2.75) is 42.4 Å². The highest BCUT2D eigenvalue weighted by Crippen LogP contribution is 2.33. The molecule has 2 N–H and O–H groups in total. The van der Waals surface area contributed by atoms with Crippen molar-refractivity contribution in [2.75, 3.05) is 33.4 Å². The Hall–Kier alpha value is -2.44. The lowest BCUT2D eigenvalue weighted by Gasteiger charge is -2.29. The minimum atomic E-state index is -3.85. The van der Waals surface area contributed by atoms with Gasteiger partial charge in [-0.3, -0.25) is 4.79 Å². The van der Waals surface area contributed by atoms with Crippen LogP contribution in [0.1, 0.15) is 30.7 Å². The van der Waals surface area contributed by atoms with Crippen LogP contribution in [0.3, 0.4) is 0 Å². The Balaban J connectivity index is 1.40. The van der Waals surface area contributed by atoms with Gasteiger partial charge in [-0.2, -0.15) is 15.6 Å². The molecule has 1 fully saturated rings. The SMILES string of the molecule is COc1ccc(S(=O)(=O)N(CCO)CCO[C@H]2C[C@@H](c3ccsc3)C=C(C(=O)NC3CC3)O2)cc1. The minimum absolute atomic E-state index is 0.0191. The number of hydrogen-bond donors (Lipinski definition) is 2. The third-order valence-electron chi connectivity index (χ3n) is 5.86. The number of aliphatic hydroxyl groups is 1. The second kappa shape index (κ2) is 11.5. The average molecular weight is 523 g/mol. The molecule has 0 bridgehead atoms. The topological polar surface area (TPSA) is 114 Å². The fraction of sp³-hybridized carbons (Fsp3) is 0.458. The molecule has 1 aliphatic carbocycles. The zero-order valence-corrected chi connectivity index (χ0v) is 21.1. The molecule has 11 heteroatoms. The van der Waals surface area contributed by atoms with Gasteiger partial charge in [0.25, 0.3) is 5.91 Å². The molecule has 1 amide bonds. The predicted molar refractivity (Wildman–Crippen MR) is 131 cm³/mol. The summed E-state index contributed by atoms with van der Waals surface area (Å²) in [6, 6.07) is 8.27. The van der Waals surface area contributed by atoms with E-state index >= 15 is 0 Å². The lowest BCUT2D eigenvalue weighted by Crippen LogP contribution is -2.38. The van der Waals surface area contributed by atoms with Gasteiger partial charge in [-0.15, -0.1) is 0 Å². The van der Waals surface area contributed by atoms with E-state index in [1.807, 2.05) is 22.9 Å². The number of methoxy groups -OCH3 is 1. The van der Waals surface area contributed by atoms with Crippen LogP contribution in [0.15, 0.2) is 57.8 Å². The second-order valence-electron chi connectivity index (χ2n) is 8.40. The number of benzene rings is 1. The normalized spacial score (nSPS) is 20.3. The molecule has 1 aliphatic heterocycles. The number of hydrogen-bond acceptors (Lipinski definition) is 8. The van der Waals surface area contributed by atoms with Gasteiger partial charge in [-0.05, 0) is 65.6 Å². The van der Waals surface area contributed by atoms with Gasteiger partial charge in [0, 0.05) is 31.5 Å². The molecule has 1 saturated carbocycles. The van der Waals surface area contributed by atoms with Crippen molar-refractivity contribution >= 4 is 27.3 Å². The van der Waals surface area contributed by atoms with E-state index in [9.17, 15) is 18.3 Å². The largest absolute Gasteiger partial charge is 0.497 e. The molecule has 35 heavy (non-hydrogen) atoms. The zero-order chi connectivity index (χ0) is 24.8. The van der Waals surface area contributed by atoms with Crippen LogP contribution in [0.4, 0.5) is 0 Å². The van der Waals surface area contributed by atoms with E-state index in [0.29, 0.717) is 12.2 Å². The summed E-state index contributed by atoms with van der Waals surface area (Å²) in [5.41, 5.74) is 1.08. The van der Waals surface area contributed by atoms with Gasteiger partial charge in [0.1, 0.15) is 5.75 Å². The Morgan fingerprint density at radius 1 is 1.23 bits per heavy atom. The van der Waals surface area contributed by atoms with Crippen molar-refractivity contribution in [2.24, 2.45) is 0 Å².